The number of nitro groups is 1. The number of non-ortho nitro benzene ring substituents is 1. The van der Waals surface area contributed by atoms with Gasteiger partial charge in [-0.05, 0) is 23.8 Å². The van der Waals surface area contributed by atoms with Crippen LogP contribution in [0.4, 0.5) is 5.69 Å². The molecule has 0 amide bonds. The van der Waals surface area contributed by atoms with E-state index in [0.29, 0.717) is 42.6 Å². The van der Waals surface area contributed by atoms with E-state index in [2.05, 4.69) is 5.32 Å². The number of nitro benzene ring substituents is 1. The van der Waals surface area contributed by atoms with Crippen molar-refractivity contribution < 1.29 is 9.66 Å². The zero-order chi connectivity index (χ0) is 16.7. The zero-order valence-corrected chi connectivity index (χ0v) is 14.5. The Hall–Kier alpha value is -1.86. The van der Waals surface area contributed by atoms with Crippen LogP contribution in [0.5, 0.6) is 5.75 Å². The lowest BCUT2D eigenvalue weighted by Gasteiger charge is -2.12. The van der Waals surface area contributed by atoms with Gasteiger partial charge in [0, 0.05) is 42.4 Å². The Labute approximate surface area is 151 Å². The molecule has 0 fully saturated rings. The van der Waals surface area contributed by atoms with Crippen molar-refractivity contribution in [3.05, 3.63) is 57.6 Å². The summed E-state index contributed by atoms with van der Waals surface area (Å²) >= 11 is 6.01. The van der Waals surface area contributed by atoms with Crippen LogP contribution in [0.1, 0.15) is 0 Å². The summed E-state index contributed by atoms with van der Waals surface area (Å²) in [6.45, 7) is 2.35. The standard InChI is InChI=1S/C16H18ClN3O3.ClH/c17-13-3-1-2-12(10-13)15-11-14(20(21)22)4-5-16(15)23-9-8-19-7-6-18;/h1-5,10-11,19H,6-9,18H2;1H. The van der Waals surface area contributed by atoms with Crippen LogP contribution in [0.2, 0.25) is 5.02 Å². The number of nitrogens with zero attached hydrogens (tertiary/aromatic N) is 1. The molecule has 0 aliphatic rings. The van der Waals surface area contributed by atoms with E-state index < -0.39 is 4.92 Å². The molecule has 8 heteroatoms. The summed E-state index contributed by atoms with van der Waals surface area (Å²) in [5.41, 5.74) is 6.82. The minimum Gasteiger partial charge on any atom is -0.492 e. The predicted octanol–water partition coefficient (Wildman–Crippen LogP) is 3.26. The van der Waals surface area contributed by atoms with Gasteiger partial charge >= 0.3 is 0 Å². The highest BCUT2D eigenvalue weighted by molar-refractivity contribution is 6.30. The normalized spacial score (nSPS) is 10.1. The number of ether oxygens (including phenoxy) is 1. The molecular formula is C16H19Cl2N3O3. The van der Waals surface area contributed by atoms with Crippen LogP contribution in [0.3, 0.4) is 0 Å². The second-order valence-corrected chi connectivity index (χ2v) is 5.27. The van der Waals surface area contributed by atoms with Crippen LogP contribution in [0.25, 0.3) is 11.1 Å². The fourth-order valence-corrected chi connectivity index (χ4v) is 2.29. The Kier molecular flexibility index (Phi) is 8.49. The molecular weight excluding hydrogens is 353 g/mol. The summed E-state index contributed by atoms with van der Waals surface area (Å²) in [6, 6.07) is 11.7. The average molecular weight is 372 g/mol. The number of rotatable bonds is 8. The first-order chi connectivity index (χ1) is 11.1. The van der Waals surface area contributed by atoms with Crippen molar-refractivity contribution in [2.24, 2.45) is 5.73 Å². The number of halogens is 2. The first kappa shape index (κ1) is 20.2. The van der Waals surface area contributed by atoms with Crippen LogP contribution in [-0.2, 0) is 0 Å². The molecule has 0 unspecified atom stereocenters. The first-order valence-corrected chi connectivity index (χ1v) is 7.57. The molecule has 2 rings (SSSR count). The third kappa shape index (κ3) is 5.65. The molecule has 130 valence electrons. The summed E-state index contributed by atoms with van der Waals surface area (Å²) in [6.07, 6.45) is 0. The molecule has 0 radical (unpaired) electrons. The first-order valence-electron chi connectivity index (χ1n) is 7.20. The summed E-state index contributed by atoms with van der Waals surface area (Å²) < 4.78 is 5.74. The Morgan fingerprint density at radius 3 is 2.67 bits per heavy atom. The average Bonchev–Trinajstić information content (AvgIpc) is 2.54. The summed E-state index contributed by atoms with van der Waals surface area (Å²) in [4.78, 5) is 10.6. The predicted molar refractivity (Wildman–Crippen MR) is 98.2 cm³/mol. The topological polar surface area (TPSA) is 90.4 Å². The minimum atomic E-state index is -0.430. The Bertz CT molecular complexity index is 683. The van der Waals surface area contributed by atoms with Crippen molar-refractivity contribution in [1.82, 2.24) is 5.32 Å². The summed E-state index contributed by atoms with van der Waals surface area (Å²) in [7, 11) is 0. The number of nitrogens with one attached hydrogen (secondary N) is 1. The highest BCUT2D eigenvalue weighted by Gasteiger charge is 2.13. The largest absolute Gasteiger partial charge is 0.492 e. The van der Waals surface area contributed by atoms with Crippen molar-refractivity contribution in [1.29, 1.82) is 0 Å². The molecule has 0 atom stereocenters. The van der Waals surface area contributed by atoms with Gasteiger partial charge in [-0.2, -0.15) is 0 Å². The second-order valence-electron chi connectivity index (χ2n) is 4.84. The van der Waals surface area contributed by atoms with E-state index in [9.17, 15) is 10.1 Å². The van der Waals surface area contributed by atoms with Gasteiger partial charge in [-0.15, -0.1) is 12.4 Å². The lowest BCUT2D eigenvalue weighted by atomic mass is 10.0. The highest BCUT2D eigenvalue weighted by atomic mass is 35.5. The van der Waals surface area contributed by atoms with Crippen molar-refractivity contribution in [2.75, 3.05) is 26.2 Å². The number of hydrogen-bond donors (Lipinski definition) is 2. The van der Waals surface area contributed by atoms with Gasteiger partial charge < -0.3 is 15.8 Å². The molecule has 0 heterocycles. The molecule has 0 bridgehead atoms. The summed E-state index contributed by atoms with van der Waals surface area (Å²) in [5, 5.41) is 14.7. The number of nitrogens with two attached hydrogens (primary N) is 1. The molecule has 3 N–H and O–H groups in total. The molecule has 6 nitrogen and oxygen atoms in total. The molecule has 2 aromatic rings. The number of benzene rings is 2. The van der Waals surface area contributed by atoms with Gasteiger partial charge in [0.05, 0.1) is 4.92 Å². The van der Waals surface area contributed by atoms with Gasteiger partial charge in [0.25, 0.3) is 5.69 Å². The zero-order valence-electron chi connectivity index (χ0n) is 12.9. The lowest BCUT2D eigenvalue weighted by Crippen LogP contribution is -2.26. The van der Waals surface area contributed by atoms with Crippen molar-refractivity contribution >= 4 is 29.7 Å². The maximum absolute atomic E-state index is 11.0. The molecule has 0 aliphatic carbocycles. The SMILES string of the molecule is Cl.NCCNCCOc1ccc([N+](=O)[O-])cc1-c1cccc(Cl)c1. The van der Waals surface area contributed by atoms with Gasteiger partial charge in [-0.25, -0.2) is 0 Å². The van der Waals surface area contributed by atoms with E-state index in [1.54, 1.807) is 24.3 Å². The maximum atomic E-state index is 11.0. The highest BCUT2D eigenvalue weighted by Crippen LogP contribution is 2.34. The fourth-order valence-electron chi connectivity index (χ4n) is 2.10. The van der Waals surface area contributed by atoms with Crippen molar-refractivity contribution in [3.63, 3.8) is 0 Å². The van der Waals surface area contributed by atoms with Gasteiger partial charge in [-0.3, -0.25) is 10.1 Å². The van der Waals surface area contributed by atoms with Gasteiger partial charge in [0.15, 0.2) is 0 Å². The quantitative estimate of drug-likeness (QED) is 0.422. The maximum Gasteiger partial charge on any atom is 0.270 e. The van der Waals surface area contributed by atoms with Gasteiger partial charge in [0.2, 0.25) is 0 Å². The van der Waals surface area contributed by atoms with Crippen LogP contribution < -0.4 is 15.8 Å². The fraction of sp³-hybridized carbons (Fsp3) is 0.250. The molecule has 0 aliphatic heterocycles. The van der Waals surface area contributed by atoms with E-state index in [1.807, 2.05) is 6.07 Å². The van der Waals surface area contributed by atoms with Crippen molar-refractivity contribution in [2.45, 2.75) is 0 Å². The summed E-state index contributed by atoms with van der Waals surface area (Å²) in [5.74, 6) is 0.576. The van der Waals surface area contributed by atoms with E-state index in [1.165, 1.54) is 12.1 Å². The third-order valence-electron chi connectivity index (χ3n) is 3.17. The van der Waals surface area contributed by atoms with Crippen LogP contribution in [-0.4, -0.2) is 31.2 Å². The lowest BCUT2D eigenvalue weighted by molar-refractivity contribution is -0.384. The van der Waals surface area contributed by atoms with E-state index in [4.69, 9.17) is 22.1 Å². The second kappa shape index (κ2) is 10.1. The molecule has 0 aromatic heterocycles. The van der Waals surface area contributed by atoms with Crippen LogP contribution in [0.15, 0.2) is 42.5 Å². The van der Waals surface area contributed by atoms with Crippen LogP contribution in [0, 0.1) is 10.1 Å². The smallest absolute Gasteiger partial charge is 0.270 e. The van der Waals surface area contributed by atoms with Crippen LogP contribution >= 0.6 is 24.0 Å². The molecule has 0 spiro atoms. The van der Waals surface area contributed by atoms with E-state index in [0.717, 1.165) is 5.56 Å². The Balaban J connectivity index is 0.00000288. The van der Waals surface area contributed by atoms with Gasteiger partial charge in [-0.1, -0.05) is 23.7 Å². The Morgan fingerprint density at radius 2 is 2.00 bits per heavy atom. The van der Waals surface area contributed by atoms with Crippen molar-refractivity contribution in [3.8, 4) is 16.9 Å². The number of hydrogen-bond acceptors (Lipinski definition) is 5. The monoisotopic (exact) mass is 371 g/mol. The molecule has 2 aromatic carbocycles. The van der Waals surface area contributed by atoms with E-state index >= 15 is 0 Å². The molecule has 0 saturated heterocycles. The third-order valence-corrected chi connectivity index (χ3v) is 3.40. The minimum absolute atomic E-state index is 0. The van der Waals surface area contributed by atoms with Gasteiger partial charge in [0.1, 0.15) is 12.4 Å². The van der Waals surface area contributed by atoms with E-state index in [-0.39, 0.29) is 18.1 Å². The Morgan fingerprint density at radius 1 is 1.21 bits per heavy atom. The molecule has 0 saturated carbocycles. The molecule has 24 heavy (non-hydrogen) atoms.